The summed E-state index contributed by atoms with van der Waals surface area (Å²) in [7, 11) is 0. The first kappa shape index (κ1) is 23.2. The van der Waals surface area contributed by atoms with Crippen LogP contribution in [0.5, 0.6) is 0 Å². The third-order valence-electron chi connectivity index (χ3n) is 5.93. The maximum absolute atomic E-state index is 13.3. The molecule has 0 atom stereocenters. The minimum atomic E-state index is 0.0399. The number of hydrogen-bond donors (Lipinski definition) is 0. The molecule has 6 nitrogen and oxygen atoms in total. The van der Waals surface area contributed by atoms with Crippen molar-refractivity contribution in [3.8, 4) is 0 Å². The summed E-state index contributed by atoms with van der Waals surface area (Å²) in [4.78, 5) is 25.4. The molecule has 8 heteroatoms. The monoisotopic (exact) mass is 492 g/mol. The molecule has 0 bridgehead atoms. The van der Waals surface area contributed by atoms with Crippen LogP contribution in [-0.4, -0.2) is 52.3 Å². The van der Waals surface area contributed by atoms with Gasteiger partial charge in [-0.15, -0.1) is 11.3 Å². The maximum atomic E-state index is 13.3. The summed E-state index contributed by atoms with van der Waals surface area (Å²) in [5, 5.41) is 4.67. The predicted molar refractivity (Wildman–Crippen MR) is 139 cm³/mol. The Labute approximate surface area is 207 Å². The van der Waals surface area contributed by atoms with Crippen LogP contribution in [0.3, 0.4) is 0 Å². The normalized spacial score (nSPS) is 14.6. The molecule has 5 rings (SSSR count). The summed E-state index contributed by atoms with van der Waals surface area (Å²) in [5.41, 5.74) is 3.09. The van der Waals surface area contributed by atoms with Gasteiger partial charge in [-0.05, 0) is 24.1 Å². The van der Waals surface area contributed by atoms with Crippen LogP contribution < -0.4 is 5.56 Å². The van der Waals surface area contributed by atoms with Gasteiger partial charge in [0.05, 0.1) is 34.8 Å². The topological polar surface area (TPSA) is 60.2 Å². The van der Waals surface area contributed by atoms with Gasteiger partial charge in [0.2, 0.25) is 0 Å². The second-order valence-electron chi connectivity index (χ2n) is 8.36. The largest absolute Gasteiger partial charge is 0.379 e. The Bertz CT molecular complexity index is 1280. The van der Waals surface area contributed by atoms with E-state index in [1.807, 2.05) is 34.9 Å². The van der Waals surface area contributed by atoms with E-state index in [9.17, 15) is 4.79 Å². The molecule has 1 fully saturated rings. The second kappa shape index (κ2) is 11.3. The van der Waals surface area contributed by atoms with Crippen LogP contribution in [0.1, 0.15) is 22.7 Å². The summed E-state index contributed by atoms with van der Waals surface area (Å²) < 4.78 is 7.30. The van der Waals surface area contributed by atoms with Crippen molar-refractivity contribution < 1.29 is 4.74 Å². The molecular weight excluding hydrogens is 464 g/mol. The SMILES string of the molecule is O=c1c2ccccc2nc(SCc2csc(Cc3ccccc3)n2)n1CCCN1CCOCC1. The van der Waals surface area contributed by atoms with Crippen LogP contribution in [0.15, 0.2) is 69.9 Å². The Morgan fingerprint density at radius 3 is 2.62 bits per heavy atom. The summed E-state index contributed by atoms with van der Waals surface area (Å²) in [6, 6.07) is 18.0. The van der Waals surface area contributed by atoms with Crippen molar-refractivity contribution in [2.75, 3.05) is 32.8 Å². The summed E-state index contributed by atoms with van der Waals surface area (Å²) >= 11 is 3.29. The fraction of sp³-hybridized carbons (Fsp3) is 0.346. The average Bonchev–Trinajstić information content (AvgIpc) is 3.33. The van der Waals surface area contributed by atoms with Gasteiger partial charge in [0.1, 0.15) is 0 Å². The summed E-state index contributed by atoms with van der Waals surface area (Å²) in [5.74, 6) is 0.694. The quantitative estimate of drug-likeness (QED) is 0.254. The number of aromatic nitrogens is 3. The Balaban J connectivity index is 1.30. The third kappa shape index (κ3) is 5.75. The highest BCUT2D eigenvalue weighted by Gasteiger charge is 2.14. The van der Waals surface area contributed by atoms with Crippen molar-refractivity contribution in [1.82, 2.24) is 19.4 Å². The van der Waals surface area contributed by atoms with Crippen LogP contribution in [-0.2, 0) is 23.5 Å². The molecule has 1 saturated heterocycles. The highest BCUT2D eigenvalue weighted by Crippen LogP contribution is 2.24. The molecule has 0 radical (unpaired) electrons. The first-order valence-corrected chi connectivity index (χ1v) is 13.5. The number of thioether (sulfide) groups is 1. The molecular formula is C26H28N4O2S2. The van der Waals surface area contributed by atoms with Gasteiger partial charge in [-0.1, -0.05) is 54.2 Å². The molecule has 176 valence electrons. The van der Waals surface area contributed by atoms with Crippen LogP contribution >= 0.6 is 23.1 Å². The molecule has 0 saturated carbocycles. The highest BCUT2D eigenvalue weighted by atomic mass is 32.2. The van der Waals surface area contributed by atoms with E-state index in [4.69, 9.17) is 14.7 Å². The zero-order valence-corrected chi connectivity index (χ0v) is 20.7. The van der Waals surface area contributed by atoms with E-state index >= 15 is 0 Å². The number of rotatable bonds is 9. The molecule has 0 unspecified atom stereocenters. The van der Waals surface area contributed by atoms with Gasteiger partial charge in [-0.25, -0.2) is 9.97 Å². The minimum Gasteiger partial charge on any atom is -0.379 e. The zero-order chi connectivity index (χ0) is 23.2. The molecule has 0 spiro atoms. The van der Waals surface area contributed by atoms with Gasteiger partial charge in [0.15, 0.2) is 5.16 Å². The Morgan fingerprint density at radius 1 is 0.971 bits per heavy atom. The lowest BCUT2D eigenvalue weighted by atomic mass is 10.2. The number of nitrogens with zero attached hydrogens (tertiary/aromatic N) is 4. The molecule has 0 amide bonds. The Morgan fingerprint density at radius 2 is 1.76 bits per heavy atom. The van der Waals surface area contributed by atoms with E-state index < -0.39 is 0 Å². The molecule has 1 aliphatic heterocycles. The van der Waals surface area contributed by atoms with E-state index in [0.29, 0.717) is 17.7 Å². The molecule has 2 aromatic carbocycles. The van der Waals surface area contributed by atoms with Crippen LogP contribution in [0, 0.1) is 0 Å². The summed E-state index contributed by atoms with van der Waals surface area (Å²) in [6.07, 6.45) is 1.75. The van der Waals surface area contributed by atoms with Gasteiger partial charge in [-0.2, -0.15) is 0 Å². The first-order chi connectivity index (χ1) is 16.8. The standard InChI is InChI=1S/C26H28N4O2S2/c31-25-22-9-4-5-10-23(22)28-26(30(25)12-6-11-29-13-15-32-16-14-29)34-19-21-18-33-24(27-21)17-20-7-2-1-3-8-20/h1-5,7-10,18H,6,11-17,19H2. The Kier molecular flexibility index (Phi) is 7.70. The fourth-order valence-electron chi connectivity index (χ4n) is 4.14. The number of fused-ring (bicyclic) bond motifs is 1. The van der Waals surface area contributed by atoms with Crippen molar-refractivity contribution >= 4 is 34.0 Å². The molecule has 0 aliphatic carbocycles. The molecule has 2 aromatic heterocycles. The Hall–Kier alpha value is -2.52. The van der Waals surface area contributed by atoms with E-state index in [2.05, 4.69) is 34.5 Å². The van der Waals surface area contributed by atoms with Gasteiger partial charge in [0.25, 0.3) is 5.56 Å². The van der Waals surface area contributed by atoms with Crippen LogP contribution in [0.2, 0.25) is 0 Å². The number of para-hydroxylation sites is 1. The van der Waals surface area contributed by atoms with E-state index in [-0.39, 0.29) is 5.56 Å². The van der Waals surface area contributed by atoms with Gasteiger partial charge >= 0.3 is 0 Å². The maximum Gasteiger partial charge on any atom is 0.262 e. The average molecular weight is 493 g/mol. The number of benzene rings is 2. The van der Waals surface area contributed by atoms with E-state index in [1.165, 1.54) is 5.56 Å². The third-order valence-corrected chi connectivity index (χ3v) is 7.84. The zero-order valence-electron chi connectivity index (χ0n) is 19.1. The highest BCUT2D eigenvalue weighted by molar-refractivity contribution is 7.98. The lowest BCUT2D eigenvalue weighted by molar-refractivity contribution is 0.0368. The van der Waals surface area contributed by atoms with Crippen molar-refractivity contribution in [2.24, 2.45) is 0 Å². The van der Waals surface area contributed by atoms with Crippen molar-refractivity contribution in [3.05, 3.63) is 86.6 Å². The molecule has 1 aliphatic rings. The number of thiazole rings is 1. The lowest BCUT2D eigenvalue weighted by Crippen LogP contribution is -2.37. The minimum absolute atomic E-state index is 0.0399. The molecule has 4 aromatic rings. The fourth-order valence-corrected chi connectivity index (χ4v) is 5.99. The number of ether oxygens (including phenoxy) is 1. The van der Waals surface area contributed by atoms with Gasteiger partial charge in [-0.3, -0.25) is 14.3 Å². The molecule has 34 heavy (non-hydrogen) atoms. The van der Waals surface area contributed by atoms with E-state index in [1.54, 1.807) is 23.1 Å². The molecule has 3 heterocycles. The van der Waals surface area contributed by atoms with E-state index in [0.717, 1.165) is 67.1 Å². The van der Waals surface area contributed by atoms with Gasteiger partial charge in [0, 0.05) is 43.7 Å². The predicted octanol–water partition coefficient (Wildman–Crippen LogP) is 4.46. The van der Waals surface area contributed by atoms with Crippen molar-refractivity contribution in [1.29, 1.82) is 0 Å². The van der Waals surface area contributed by atoms with Crippen molar-refractivity contribution in [2.45, 2.75) is 30.3 Å². The first-order valence-electron chi connectivity index (χ1n) is 11.7. The molecule has 0 N–H and O–H groups in total. The number of hydrogen-bond acceptors (Lipinski definition) is 7. The number of morpholine rings is 1. The van der Waals surface area contributed by atoms with Crippen LogP contribution in [0.25, 0.3) is 10.9 Å². The lowest BCUT2D eigenvalue weighted by Gasteiger charge is -2.26. The van der Waals surface area contributed by atoms with Crippen LogP contribution in [0.4, 0.5) is 0 Å². The smallest absolute Gasteiger partial charge is 0.262 e. The van der Waals surface area contributed by atoms with Gasteiger partial charge < -0.3 is 4.74 Å². The van der Waals surface area contributed by atoms with Crippen molar-refractivity contribution in [3.63, 3.8) is 0 Å². The summed E-state index contributed by atoms with van der Waals surface area (Å²) in [6.45, 7) is 5.12. The second-order valence-corrected chi connectivity index (χ2v) is 10.2.